The fraction of sp³-hybridized carbons (Fsp3) is 0.200. The molecule has 1 aliphatic heterocycles. The Morgan fingerprint density at radius 3 is 2.72 bits per heavy atom. The van der Waals surface area contributed by atoms with Gasteiger partial charge in [0.05, 0.1) is 11.9 Å². The van der Waals surface area contributed by atoms with Crippen molar-refractivity contribution in [1.82, 2.24) is 15.4 Å². The maximum atomic E-state index is 14.1. The lowest BCUT2D eigenvalue weighted by atomic mass is 10.1. The quantitative estimate of drug-likeness (QED) is 0.465. The molecule has 0 atom stereocenters. The highest BCUT2D eigenvalue weighted by atomic mass is 35.5. The van der Waals surface area contributed by atoms with Gasteiger partial charge in [-0.2, -0.15) is 4.98 Å². The maximum Gasteiger partial charge on any atom is 0.229 e. The summed E-state index contributed by atoms with van der Waals surface area (Å²) >= 11 is 5.88. The van der Waals surface area contributed by atoms with E-state index in [1.807, 2.05) is 23.2 Å². The number of aliphatic hydroxyl groups is 1. The zero-order valence-corrected chi connectivity index (χ0v) is 16.2. The minimum atomic E-state index is -0.553. The van der Waals surface area contributed by atoms with Gasteiger partial charge in [0.25, 0.3) is 0 Å². The molecule has 0 spiro atoms. The molecule has 0 bridgehead atoms. The minimum Gasteiger partial charge on any atom is -0.396 e. The van der Waals surface area contributed by atoms with Crippen LogP contribution in [0.15, 0.2) is 48.7 Å². The van der Waals surface area contributed by atoms with Crippen molar-refractivity contribution >= 4 is 40.4 Å². The molecule has 0 saturated heterocycles. The molecule has 0 unspecified atom stereocenters. The molecule has 1 aliphatic rings. The summed E-state index contributed by atoms with van der Waals surface area (Å²) in [6.45, 7) is 1.59. The second-order valence-corrected chi connectivity index (χ2v) is 6.99. The molecule has 29 heavy (non-hydrogen) atoms. The second kappa shape index (κ2) is 8.60. The van der Waals surface area contributed by atoms with Crippen molar-refractivity contribution in [2.75, 3.05) is 28.8 Å². The molecule has 150 valence electrons. The van der Waals surface area contributed by atoms with Crippen LogP contribution in [0.25, 0.3) is 0 Å². The van der Waals surface area contributed by atoms with Crippen molar-refractivity contribution in [3.8, 4) is 0 Å². The fourth-order valence-electron chi connectivity index (χ4n) is 3.08. The minimum absolute atomic E-state index is 0.0721. The topological polar surface area (TPSA) is 85.3 Å². The number of halogens is 2. The maximum absolute atomic E-state index is 14.1. The summed E-state index contributed by atoms with van der Waals surface area (Å²) in [5.74, 6) is -0.197. The van der Waals surface area contributed by atoms with Gasteiger partial charge < -0.3 is 20.7 Å². The van der Waals surface area contributed by atoms with Crippen LogP contribution in [-0.4, -0.2) is 28.2 Å². The largest absolute Gasteiger partial charge is 0.396 e. The number of rotatable bonds is 7. The van der Waals surface area contributed by atoms with Gasteiger partial charge >= 0.3 is 0 Å². The summed E-state index contributed by atoms with van der Waals surface area (Å²) in [5.41, 5.74) is 6.96. The Hall–Kier alpha value is -2.94. The second-order valence-electron chi connectivity index (χ2n) is 6.55. The lowest BCUT2D eigenvalue weighted by molar-refractivity contribution is 0.288. The van der Waals surface area contributed by atoms with E-state index >= 15 is 0 Å². The average Bonchev–Trinajstić information content (AvgIpc) is 3.13. The van der Waals surface area contributed by atoms with Crippen molar-refractivity contribution in [2.45, 2.75) is 13.0 Å². The van der Waals surface area contributed by atoms with Crippen molar-refractivity contribution < 1.29 is 9.50 Å². The summed E-state index contributed by atoms with van der Waals surface area (Å²) < 4.78 is 14.1. The molecule has 7 nitrogen and oxygen atoms in total. The van der Waals surface area contributed by atoms with Crippen LogP contribution in [0.5, 0.6) is 0 Å². The van der Waals surface area contributed by atoms with Gasteiger partial charge in [0.15, 0.2) is 11.6 Å². The van der Waals surface area contributed by atoms with Gasteiger partial charge in [-0.05, 0) is 54.4 Å². The number of benzene rings is 2. The molecular formula is C20H20ClFN6O. The lowest BCUT2D eigenvalue weighted by Gasteiger charge is -2.18. The van der Waals surface area contributed by atoms with E-state index in [-0.39, 0.29) is 18.4 Å². The van der Waals surface area contributed by atoms with E-state index in [0.717, 1.165) is 29.7 Å². The molecule has 0 fully saturated rings. The SMILES string of the molecule is OCCCN1NCc2cc(Nc3ncc(F)c(Nc4ccc(Cl)cc4)n3)ccc21. The first kappa shape index (κ1) is 19.4. The van der Waals surface area contributed by atoms with E-state index in [1.165, 1.54) is 0 Å². The molecule has 0 amide bonds. The molecule has 2 aromatic carbocycles. The summed E-state index contributed by atoms with van der Waals surface area (Å²) in [6.07, 6.45) is 1.82. The number of nitrogens with one attached hydrogen (secondary N) is 3. The third-order valence-electron chi connectivity index (χ3n) is 4.48. The predicted molar refractivity (Wildman–Crippen MR) is 112 cm³/mol. The highest BCUT2D eigenvalue weighted by Gasteiger charge is 2.18. The predicted octanol–water partition coefficient (Wildman–Crippen LogP) is 3.96. The normalized spacial score (nSPS) is 12.7. The van der Waals surface area contributed by atoms with Gasteiger partial charge in [0.1, 0.15) is 0 Å². The number of aliphatic hydroxyl groups excluding tert-OH is 1. The van der Waals surface area contributed by atoms with E-state index in [0.29, 0.717) is 23.7 Å². The molecule has 0 aliphatic carbocycles. The van der Waals surface area contributed by atoms with Crippen LogP contribution in [0.3, 0.4) is 0 Å². The highest BCUT2D eigenvalue weighted by Crippen LogP contribution is 2.29. The van der Waals surface area contributed by atoms with Crippen LogP contribution in [0.1, 0.15) is 12.0 Å². The first-order valence-corrected chi connectivity index (χ1v) is 9.57. The van der Waals surface area contributed by atoms with Crippen LogP contribution >= 0.6 is 11.6 Å². The van der Waals surface area contributed by atoms with E-state index in [2.05, 4.69) is 26.0 Å². The third-order valence-corrected chi connectivity index (χ3v) is 4.73. The molecule has 4 rings (SSSR count). The monoisotopic (exact) mass is 414 g/mol. The molecular weight excluding hydrogens is 395 g/mol. The Bertz CT molecular complexity index is 1000. The number of hydrogen-bond acceptors (Lipinski definition) is 7. The van der Waals surface area contributed by atoms with Crippen molar-refractivity contribution in [3.05, 3.63) is 65.1 Å². The van der Waals surface area contributed by atoms with Gasteiger partial charge in [-0.15, -0.1) is 0 Å². The first-order valence-electron chi connectivity index (χ1n) is 9.19. The van der Waals surface area contributed by atoms with Gasteiger partial charge in [-0.3, -0.25) is 0 Å². The van der Waals surface area contributed by atoms with Crippen LogP contribution < -0.4 is 21.1 Å². The first-order chi connectivity index (χ1) is 14.1. The molecule has 0 radical (unpaired) electrons. The summed E-state index contributed by atoms with van der Waals surface area (Å²) in [5, 5.41) is 17.7. The molecule has 4 N–H and O–H groups in total. The average molecular weight is 415 g/mol. The zero-order chi connectivity index (χ0) is 20.2. The van der Waals surface area contributed by atoms with Crippen molar-refractivity contribution in [2.24, 2.45) is 0 Å². The van der Waals surface area contributed by atoms with Crippen LogP contribution in [-0.2, 0) is 6.54 Å². The Balaban J connectivity index is 1.49. The van der Waals surface area contributed by atoms with Crippen LogP contribution in [0.4, 0.5) is 33.2 Å². The number of nitrogens with zero attached hydrogens (tertiary/aromatic N) is 3. The van der Waals surface area contributed by atoms with Gasteiger partial charge in [-0.25, -0.2) is 14.8 Å². The Morgan fingerprint density at radius 1 is 1.14 bits per heavy atom. The molecule has 9 heteroatoms. The number of aromatic nitrogens is 2. The van der Waals surface area contributed by atoms with E-state index in [1.54, 1.807) is 24.3 Å². The molecule has 1 aromatic heterocycles. The Kier molecular flexibility index (Phi) is 5.75. The van der Waals surface area contributed by atoms with Gasteiger partial charge in [0, 0.05) is 36.1 Å². The number of hydrogen-bond donors (Lipinski definition) is 4. The number of fused-ring (bicyclic) bond motifs is 1. The smallest absolute Gasteiger partial charge is 0.229 e. The van der Waals surface area contributed by atoms with Crippen LogP contribution in [0, 0.1) is 5.82 Å². The lowest BCUT2D eigenvalue weighted by Crippen LogP contribution is -2.33. The number of anilines is 5. The van der Waals surface area contributed by atoms with Gasteiger partial charge in [0.2, 0.25) is 5.95 Å². The van der Waals surface area contributed by atoms with E-state index in [4.69, 9.17) is 16.7 Å². The molecule has 0 saturated carbocycles. The third kappa shape index (κ3) is 4.56. The molecule has 3 aromatic rings. The highest BCUT2D eigenvalue weighted by molar-refractivity contribution is 6.30. The summed E-state index contributed by atoms with van der Waals surface area (Å²) in [6, 6.07) is 12.8. The van der Waals surface area contributed by atoms with E-state index < -0.39 is 5.82 Å². The molecule has 2 heterocycles. The summed E-state index contributed by atoms with van der Waals surface area (Å²) in [4.78, 5) is 8.27. The van der Waals surface area contributed by atoms with Crippen LogP contribution in [0.2, 0.25) is 5.02 Å². The Morgan fingerprint density at radius 2 is 1.93 bits per heavy atom. The Labute approximate surface area is 172 Å². The van der Waals surface area contributed by atoms with E-state index in [9.17, 15) is 4.39 Å². The van der Waals surface area contributed by atoms with Crippen molar-refractivity contribution in [1.29, 1.82) is 0 Å². The standard InChI is InChI=1S/C20H20ClFN6O/c21-14-2-4-15(5-3-14)25-19-17(22)12-23-20(27-19)26-16-6-7-18-13(10-16)11-24-28(18)8-1-9-29/h2-7,10,12,24,29H,1,8-9,11H2,(H2,23,25,26,27). The zero-order valence-electron chi connectivity index (χ0n) is 15.5. The number of hydrazine groups is 1. The summed E-state index contributed by atoms with van der Waals surface area (Å²) in [7, 11) is 0. The van der Waals surface area contributed by atoms with Crippen molar-refractivity contribution in [3.63, 3.8) is 0 Å². The fourth-order valence-corrected chi connectivity index (χ4v) is 3.20. The van der Waals surface area contributed by atoms with Gasteiger partial charge in [-0.1, -0.05) is 11.6 Å².